The molecule has 17 heavy (non-hydrogen) atoms. The summed E-state index contributed by atoms with van der Waals surface area (Å²) in [6.45, 7) is 7.54. The van der Waals surface area contributed by atoms with Crippen molar-refractivity contribution in [3.05, 3.63) is 0 Å². The van der Waals surface area contributed by atoms with Gasteiger partial charge in [0.1, 0.15) is 0 Å². The van der Waals surface area contributed by atoms with Crippen molar-refractivity contribution in [2.45, 2.75) is 51.8 Å². The number of rotatable bonds is 4. The molecule has 1 rings (SSSR count). The normalized spacial score (nSPS) is 23.1. The van der Waals surface area contributed by atoms with E-state index in [1.165, 1.54) is 5.06 Å². The maximum Gasteiger partial charge on any atom is 0.351 e. The van der Waals surface area contributed by atoms with Crippen molar-refractivity contribution in [2.75, 3.05) is 6.61 Å². The quantitative estimate of drug-likeness (QED) is 0.585. The molecule has 0 bridgehead atoms. The monoisotopic (exact) mass is 244 g/mol. The van der Waals surface area contributed by atoms with Crippen LogP contribution in [0, 0.1) is 0 Å². The zero-order valence-corrected chi connectivity index (χ0v) is 10.7. The molecule has 0 saturated heterocycles. The number of imide groups is 1. The number of aliphatic hydroxyl groups excluding tert-OH is 1. The molecule has 98 valence electrons. The van der Waals surface area contributed by atoms with E-state index in [9.17, 15) is 14.7 Å². The molecule has 1 aliphatic rings. The minimum atomic E-state index is -0.604. The predicted molar refractivity (Wildman–Crippen MR) is 60.9 cm³/mol. The van der Waals surface area contributed by atoms with Gasteiger partial charge in [-0.15, -0.1) is 0 Å². The number of carbonyl (C=O) groups excluding carboxylic acids is 2. The standard InChI is InChI=1S/C11H20N2O4/c1-5-17-13(11(2,3)4)10(16)12(7-14)8-6-9(8)15/h7-9,15H,5-6H2,1-4H3. The van der Waals surface area contributed by atoms with E-state index in [0.717, 1.165) is 4.90 Å². The number of amides is 3. The van der Waals surface area contributed by atoms with Gasteiger partial charge in [0.2, 0.25) is 6.41 Å². The highest BCUT2D eigenvalue weighted by Crippen LogP contribution is 2.29. The lowest BCUT2D eigenvalue weighted by atomic mass is 10.1. The van der Waals surface area contributed by atoms with Crippen molar-refractivity contribution < 1.29 is 19.5 Å². The smallest absolute Gasteiger partial charge is 0.351 e. The molecule has 0 aromatic heterocycles. The second-order valence-corrected chi connectivity index (χ2v) is 5.05. The van der Waals surface area contributed by atoms with E-state index in [2.05, 4.69) is 0 Å². The van der Waals surface area contributed by atoms with E-state index in [1.807, 2.05) is 20.8 Å². The number of nitrogens with zero attached hydrogens (tertiary/aromatic N) is 2. The Hall–Kier alpha value is -1.14. The first-order valence-corrected chi connectivity index (χ1v) is 5.71. The predicted octanol–water partition coefficient (Wildman–Crippen LogP) is 0.750. The summed E-state index contributed by atoms with van der Waals surface area (Å²) in [5.74, 6) is 0. The summed E-state index contributed by atoms with van der Waals surface area (Å²) in [5, 5.41) is 10.5. The van der Waals surface area contributed by atoms with Crippen molar-refractivity contribution in [3.8, 4) is 0 Å². The molecule has 1 saturated carbocycles. The number of hydroxylamine groups is 2. The van der Waals surface area contributed by atoms with E-state index < -0.39 is 23.7 Å². The van der Waals surface area contributed by atoms with Gasteiger partial charge >= 0.3 is 6.03 Å². The molecular formula is C11H20N2O4. The van der Waals surface area contributed by atoms with Crippen LogP contribution < -0.4 is 0 Å². The average Bonchev–Trinajstić information content (AvgIpc) is 2.91. The molecule has 0 heterocycles. The third kappa shape index (κ3) is 3.17. The Balaban J connectivity index is 2.79. The Kier molecular flexibility index (Phi) is 4.11. The first-order valence-electron chi connectivity index (χ1n) is 5.71. The summed E-state index contributed by atoms with van der Waals surface area (Å²) in [4.78, 5) is 29.3. The van der Waals surface area contributed by atoms with Gasteiger partial charge < -0.3 is 5.11 Å². The van der Waals surface area contributed by atoms with Crippen LogP contribution in [0.5, 0.6) is 0 Å². The van der Waals surface area contributed by atoms with Crippen LogP contribution in [0.15, 0.2) is 0 Å². The average molecular weight is 244 g/mol. The van der Waals surface area contributed by atoms with Gasteiger partial charge in [-0.1, -0.05) is 0 Å². The summed E-state index contributed by atoms with van der Waals surface area (Å²) in [6.07, 6.45) is 0.280. The van der Waals surface area contributed by atoms with Gasteiger partial charge in [0.25, 0.3) is 0 Å². The fraction of sp³-hybridized carbons (Fsp3) is 0.818. The largest absolute Gasteiger partial charge is 0.391 e. The molecule has 0 aliphatic heterocycles. The van der Waals surface area contributed by atoms with E-state index in [4.69, 9.17) is 4.84 Å². The molecule has 2 unspecified atom stereocenters. The molecule has 0 aromatic carbocycles. The van der Waals surface area contributed by atoms with Crippen LogP contribution in [0.3, 0.4) is 0 Å². The molecule has 0 aromatic rings. The van der Waals surface area contributed by atoms with Gasteiger partial charge in [0.05, 0.1) is 24.3 Å². The fourth-order valence-corrected chi connectivity index (χ4v) is 1.50. The maximum atomic E-state index is 12.1. The Morgan fingerprint density at radius 2 is 2.06 bits per heavy atom. The summed E-state index contributed by atoms with van der Waals surface area (Å²) < 4.78 is 0. The second kappa shape index (κ2) is 5.01. The maximum absolute atomic E-state index is 12.1. The van der Waals surface area contributed by atoms with Gasteiger partial charge in [0.15, 0.2) is 0 Å². The SMILES string of the molecule is CCON(C(=O)N(C=O)C1CC1O)C(C)(C)C. The highest BCUT2D eigenvalue weighted by molar-refractivity contribution is 5.85. The molecule has 3 amide bonds. The lowest BCUT2D eigenvalue weighted by Crippen LogP contribution is -2.52. The topological polar surface area (TPSA) is 70.1 Å². The molecule has 6 heteroatoms. The summed E-state index contributed by atoms with van der Waals surface area (Å²) in [6, 6.07) is -0.943. The second-order valence-electron chi connectivity index (χ2n) is 5.05. The minimum absolute atomic E-state index is 0.336. The van der Waals surface area contributed by atoms with Crippen molar-refractivity contribution in [2.24, 2.45) is 0 Å². The van der Waals surface area contributed by atoms with Gasteiger partial charge in [-0.3, -0.25) is 14.5 Å². The zero-order chi connectivity index (χ0) is 13.2. The number of urea groups is 1. The van der Waals surface area contributed by atoms with Crippen molar-refractivity contribution in [1.29, 1.82) is 0 Å². The van der Waals surface area contributed by atoms with Crippen LogP contribution >= 0.6 is 0 Å². The van der Waals surface area contributed by atoms with Crippen molar-refractivity contribution in [3.63, 3.8) is 0 Å². The Labute approximate surface area is 101 Å². The van der Waals surface area contributed by atoms with Gasteiger partial charge in [-0.25, -0.2) is 4.79 Å². The highest BCUT2D eigenvalue weighted by atomic mass is 16.7. The summed E-state index contributed by atoms with van der Waals surface area (Å²) in [5.41, 5.74) is -0.547. The van der Waals surface area contributed by atoms with Gasteiger partial charge in [-0.2, -0.15) is 5.06 Å². The van der Waals surface area contributed by atoms with E-state index >= 15 is 0 Å². The first kappa shape index (κ1) is 13.9. The third-order valence-corrected chi connectivity index (χ3v) is 2.46. The van der Waals surface area contributed by atoms with Crippen LogP contribution in [-0.2, 0) is 9.63 Å². The van der Waals surface area contributed by atoms with E-state index in [-0.39, 0.29) is 0 Å². The van der Waals surface area contributed by atoms with Crippen LogP contribution in [0.25, 0.3) is 0 Å². The minimum Gasteiger partial charge on any atom is -0.391 e. The number of hydrogen-bond acceptors (Lipinski definition) is 4. The zero-order valence-electron chi connectivity index (χ0n) is 10.7. The summed E-state index contributed by atoms with van der Waals surface area (Å²) >= 11 is 0. The van der Waals surface area contributed by atoms with Crippen molar-refractivity contribution >= 4 is 12.4 Å². The molecule has 0 spiro atoms. The molecule has 6 nitrogen and oxygen atoms in total. The van der Waals surface area contributed by atoms with Gasteiger partial charge in [-0.05, 0) is 34.1 Å². The lowest BCUT2D eigenvalue weighted by Gasteiger charge is -2.35. The number of hydrogen-bond donors (Lipinski definition) is 1. The molecule has 1 aliphatic carbocycles. The van der Waals surface area contributed by atoms with Gasteiger partial charge in [0, 0.05) is 0 Å². The van der Waals surface area contributed by atoms with Crippen molar-refractivity contribution in [1.82, 2.24) is 9.96 Å². The van der Waals surface area contributed by atoms with E-state index in [1.54, 1.807) is 6.92 Å². The molecule has 2 atom stereocenters. The number of aliphatic hydroxyl groups is 1. The first-order chi connectivity index (χ1) is 7.82. The molecule has 1 N–H and O–H groups in total. The molecular weight excluding hydrogens is 224 g/mol. The van der Waals surface area contributed by atoms with Crippen LogP contribution in [0.4, 0.5) is 4.79 Å². The van der Waals surface area contributed by atoms with Crippen LogP contribution in [0.2, 0.25) is 0 Å². The molecule has 1 fully saturated rings. The third-order valence-electron chi connectivity index (χ3n) is 2.46. The Morgan fingerprint density at radius 3 is 2.35 bits per heavy atom. The van der Waals surface area contributed by atoms with Crippen LogP contribution in [-0.4, -0.2) is 51.8 Å². The fourth-order valence-electron chi connectivity index (χ4n) is 1.50. The highest BCUT2D eigenvalue weighted by Gasteiger charge is 2.45. The van der Waals surface area contributed by atoms with E-state index in [0.29, 0.717) is 19.4 Å². The summed E-state index contributed by atoms with van der Waals surface area (Å²) in [7, 11) is 0. The lowest BCUT2D eigenvalue weighted by molar-refractivity contribution is -0.171. The number of carbonyl (C=O) groups is 2. The molecule has 0 radical (unpaired) electrons. The Morgan fingerprint density at radius 1 is 1.53 bits per heavy atom. The Bertz CT molecular complexity index is 300. The van der Waals surface area contributed by atoms with Crippen LogP contribution in [0.1, 0.15) is 34.1 Å².